The molecule has 0 spiro atoms. The summed E-state index contributed by atoms with van der Waals surface area (Å²) in [5.41, 5.74) is 1.87. The highest BCUT2D eigenvalue weighted by Crippen LogP contribution is 2.28. The van der Waals surface area contributed by atoms with Gasteiger partial charge in [-0.3, -0.25) is 0 Å². The smallest absolute Gasteiger partial charge is 0.172 e. The van der Waals surface area contributed by atoms with E-state index < -0.39 is 9.84 Å². The first-order valence-corrected chi connectivity index (χ1v) is 7.74. The second-order valence-electron chi connectivity index (χ2n) is 3.87. The Kier molecular flexibility index (Phi) is 2.48. The molecule has 0 aliphatic carbocycles. The number of H-pyrrole nitrogens is 1. The fourth-order valence-electron chi connectivity index (χ4n) is 1.75. The van der Waals surface area contributed by atoms with Crippen LogP contribution in [0.1, 0.15) is 0 Å². The Balaban J connectivity index is 1.84. The van der Waals surface area contributed by atoms with Gasteiger partial charge in [0, 0.05) is 10.7 Å². The molecule has 6 heteroatoms. The van der Waals surface area contributed by atoms with E-state index in [9.17, 15) is 8.42 Å². The van der Waals surface area contributed by atoms with Gasteiger partial charge in [0.1, 0.15) is 0 Å². The SMILES string of the molecule is O=S1(=O)C=C[C@H](Sc2nc3ccccc3[nH]2)C1. The van der Waals surface area contributed by atoms with Gasteiger partial charge in [0.25, 0.3) is 0 Å². The Morgan fingerprint density at radius 1 is 1.35 bits per heavy atom. The maximum absolute atomic E-state index is 11.3. The number of hydrogen-bond donors (Lipinski definition) is 1. The van der Waals surface area contributed by atoms with E-state index in [2.05, 4.69) is 9.97 Å². The Morgan fingerprint density at radius 2 is 2.18 bits per heavy atom. The number of hydrogen-bond acceptors (Lipinski definition) is 4. The molecule has 2 heterocycles. The van der Waals surface area contributed by atoms with E-state index in [1.807, 2.05) is 24.3 Å². The van der Waals surface area contributed by atoms with Gasteiger partial charge in [-0.2, -0.15) is 0 Å². The van der Waals surface area contributed by atoms with Crippen molar-refractivity contribution in [3.05, 3.63) is 35.7 Å². The minimum atomic E-state index is -2.99. The molecule has 1 aliphatic heterocycles. The second-order valence-corrected chi connectivity index (χ2v) is 7.03. The predicted molar refractivity (Wildman–Crippen MR) is 68.7 cm³/mol. The van der Waals surface area contributed by atoms with E-state index in [0.717, 1.165) is 16.2 Å². The van der Waals surface area contributed by atoms with Crippen LogP contribution in [-0.2, 0) is 9.84 Å². The summed E-state index contributed by atoms with van der Waals surface area (Å²) >= 11 is 1.45. The third kappa shape index (κ3) is 2.23. The molecule has 1 atom stereocenters. The van der Waals surface area contributed by atoms with Crippen LogP contribution in [0, 0.1) is 0 Å². The zero-order valence-corrected chi connectivity index (χ0v) is 10.5. The molecule has 17 heavy (non-hydrogen) atoms. The van der Waals surface area contributed by atoms with Crippen molar-refractivity contribution in [2.24, 2.45) is 0 Å². The lowest BCUT2D eigenvalue weighted by Gasteiger charge is -2.01. The van der Waals surface area contributed by atoms with Crippen LogP contribution in [0.25, 0.3) is 11.0 Å². The summed E-state index contributed by atoms with van der Waals surface area (Å²) in [5, 5.41) is 2.01. The summed E-state index contributed by atoms with van der Waals surface area (Å²) in [6.45, 7) is 0. The van der Waals surface area contributed by atoms with E-state index in [-0.39, 0.29) is 11.0 Å². The third-order valence-electron chi connectivity index (χ3n) is 2.53. The van der Waals surface area contributed by atoms with Crippen LogP contribution in [0.15, 0.2) is 40.9 Å². The monoisotopic (exact) mass is 266 g/mol. The van der Waals surface area contributed by atoms with Crippen molar-refractivity contribution >= 4 is 32.6 Å². The number of aromatic amines is 1. The Labute approximate surface area is 103 Å². The molecule has 0 saturated heterocycles. The molecule has 0 amide bonds. The van der Waals surface area contributed by atoms with Crippen molar-refractivity contribution in [3.8, 4) is 0 Å². The van der Waals surface area contributed by atoms with Gasteiger partial charge in [-0.05, 0) is 12.1 Å². The van der Waals surface area contributed by atoms with Crippen molar-refractivity contribution < 1.29 is 8.42 Å². The molecule has 88 valence electrons. The number of fused-ring (bicyclic) bond motifs is 1. The molecule has 1 N–H and O–H groups in total. The minimum absolute atomic E-state index is 0.0411. The Morgan fingerprint density at radius 3 is 2.88 bits per heavy atom. The van der Waals surface area contributed by atoms with Gasteiger partial charge in [-0.1, -0.05) is 30.0 Å². The maximum Gasteiger partial charge on any atom is 0.172 e. The number of thioether (sulfide) groups is 1. The lowest BCUT2D eigenvalue weighted by molar-refractivity contribution is 0.606. The number of rotatable bonds is 2. The van der Waals surface area contributed by atoms with E-state index in [1.165, 1.54) is 17.2 Å². The lowest BCUT2D eigenvalue weighted by Crippen LogP contribution is -2.06. The van der Waals surface area contributed by atoms with Crippen LogP contribution in [0.5, 0.6) is 0 Å². The molecule has 1 aliphatic rings. The normalized spacial score (nSPS) is 22.2. The van der Waals surface area contributed by atoms with Crippen molar-refractivity contribution in [2.45, 2.75) is 10.4 Å². The van der Waals surface area contributed by atoms with Gasteiger partial charge < -0.3 is 4.98 Å². The molecule has 0 unspecified atom stereocenters. The van der Waals surface area contributed by atoms with Crippen molar-refractivity contribution in [3.63, 3.8) is 0 Å². The minimum Gasteiger partial charge on any atom is -0.333 e. The maximum atomic E-state index is 11.3. The van der Waals surface area contributed by atoms with Crippen LogP contribution in [0.3, 0.4) is 0 Å². The number of para-hydroxylation sites is 2. The molecule has 4 nitrogen and oxygen atoms in total. The standard InChI is InChI=1S/C11H10N2O2S2/c14-17(15)6-5-8(7-17)16-11-12-9-3-1-2-4-10(9)13-11/h1-6,8H,7H2,(H,12,13)/t8-/m0/s1. The van der Waals surface area contributed by atoms with Crippen LogP contribution < -0.4 is 0 Å². The highest BCUT2D eigenvalue weighted by atomic mass is 32.2. The van der Waals surface area contributed by atoms with E-state index in [1.54, 1.807) is 6.08 Å². The predicted octanol–water partition coefficient (Wildman–Crippen LogP) is 1.97. The lowest BCUT2D eigenvalue weighted by atomic mass is 10.3. The topological polar surface area (TPSA) is 62.8 Å². The molecular weight excluding hydrogens is 256 g/mol. The first-order valence-electron chi connectivity index (χ1n) is 5.15. The van der Waals surface area contributed by atoms with Crippen molar-refractivity contribution in [1.29, 1.82) is 0 Å². The molecule has 2 aromatic rings. The molecular formula is C11H10N2O2S2. The summed E-state index contributed by atoms with van der Waals surface area (Å²) < 4.78 is 22.5. The molecule has 0 saturated carbocycles. The Hall–Kier alpha value is -1.27. The summed E-state index contributed by atoms with van der Waals surface area (Å²) in [4.78, 5) is 7.58. The zero-order chi connectivity index (χ0) is 11.9. The van der Waals surface area contributed by atoms with E-state index >= 15 is 0 Å². The number of imidazole rings is 1. The van der Waals surface area contributed by atoms with E-state index in [4.69, 9.17) is 0 Å². The first-order chi connectivity index (χ1) is 8.12. The summed E-state index contributed by atoms with van der Waals surface area (Å²) in [5.74, 6) is 0.161. The van der Waals surface area contributed by atoms with Crippen molar-refractivity contribution in [2.75, 3.05) is 5.75 Å². The highest BCUT2D eigenvalue weighted by Gasteiger charge is 2.23. The van der Waals surface area contributed by atoms with Crippen LogP contribution in [-0.4, -0.2) is 29.4 Å². The average Bonchev–Trinajstić information content (AvgIpc) is 2.81. The van der Waals surface area contributed by atoms with Crippen LogP contribution in [0.2, 0.25) is 0 Å². The number of sulfone groups is 1. The first kappa shape index (κ1) is 10.9. The summed E-state index contributed by atoms with van der Waals surface area (Å²) in [7, 11) is -2.99. The van der Waals surface area contributed by atoms with Crippen molar-refractivity contribution in [1.82, 2.24) is 9.97 Å². The third-order valence-corrected chi connectivity index (χ3v) is 5.18. The largest absolute Gasteiger partial charge is 0.333 e. The van der Waals surface area contributed by atoms with Gasteiger partial charge in [-0.15, -0.1) is 0 Å². The fraction of sp³-hybridized carbons (Fsp3) is 0.182. The van der Waals surface area contributed by atoms with Gasteiger partial charge >= 0.3 is 0 Å². The van der Waals surface area contributed by atoms with Gasteiger partial charge in [0.05, 0.1) is 16.8 Å². The average molecular weight is 266 g/mol. The van der Waals surface area contributed by atoms with Crippen LogP contribution >= 0.6 is 11.8 Å². The van der Waals surface area contributed by atoms with Gasteiger partial charge in [0.2, 0.25) is 0 Å². The second kappa shape index (κ2) is 3.89. The highest BCUT2D eigenvalue weighted by molar-refractivity contribution is 8.02. The molecule has 0 fully saturated rings. The quantitative estimate of drug-likeness (QED) is 0.902. The number of nitrogens with one attached hydrogen (secondary N) is 1. The van der Waals surface area contributed by atoms with E-state index in [0.29, 0.717) is 0 Å². The number of nitrogens with zero attached hydrogens (tertiary/aromatic N) is 1. The summed E-state index contributed by atoms with van der Waals surface area (Å²) in [6.07, 6.45) is 1.72. The number of benzene rings is 1. The molecule has 0 radical (unpaired) electrons. The molecule has 1 aromatic carbocycles. The zero-order valence-electron chi connectivity index (χ0n) is 8.83. The molecule has 0 bridgehead atoms. The molecule has 1 aromatic heterocycles. The van der Waals surface area contributed by atoms with Gasteiger partial charge in [-0.25, -0.2) is 13.4 Å². The van der Waals surface area contributed by atoms with Gasteiger partial charge in [0.15, 0.2) is 15.0 Å². The molecule has 3 rings (SSSR count). The Bertz CT molecular complexity index is 655. The fourth-order valence-corrected chi connectivity index (χ4v) is 4.56. The van der Waals surface area contributed by atoms with Crippen LogP contribution in [0.4, 0.5) is 0 Å². The summed E-state index contributed by atoms with van der Waals surface area (Å²) in [6, 6.07) is 7.75. The number of aromatic nitrogens is 2.